The third kappa shape index (κ3) is 4.60. The lowest BCUT2D eigenvalue weighted by molar-refractivity contribution is -0.130. The van der Waals surface area contributed by atoms with E-state index in [9.17, 15) is 24.0 Å². The number of rotatable bonds is 6. The number of hydrogen-bond acceptors (Lipinski definition) is 6. The summed E-state index contributed by atoms with van der Waals surface area (Å²) in [5, 5.41) is 4.39. The van der Waals surface area contributed by atoms with E-state index in [0.717, 1.165) is 31.6 Å². The third-order valence-electron chi connectivity index (χ3n) is 3.92. The Hall–Kier alpha value is -2.66. The Morgan fingerprint density at radius 1 is 1.25 bits per heavy atom. The van der Waals surface area contributed by atoms with E-state index < -0.39 is 35.5 Å². The number of halogens is 1. The molecule has 0 aromatic heterocycles. The smallest absolute Gasteiger partial charge is 0.325 e. The van der Waals surface area contributed by atoms with Crippen molar-refractivity contribution in [2.75, 3.05) is 26.2 Å². The van der Waals surface area contributed by atoms with Crippen LogP contribution in [0.25, 0.3) is 6.08 Å². The van der Waals surface area contributed by atoms with Gasteiger partial charge < -0.3 is 10.6 Å². The number of nitrogens with zero attached hydrogens (tertiary/aromatic N) is 2. The van der Waals surface area contributed by atoms with Gasteiger partial charge in [0.25, 0.3) is 17.1 Å². The molecule has 2 aliphatic heterocycles. The van der Waals surface area contributed by atoms with Crippen molar-refractivity contribution in [3.8, 4) is 0 Å². The first-order valence-electron chi connectivity index (χ1n) is 8.21. The van der Waals surface area contributed by atoms with Gasteiger partial charge in [0.1, 0.15) is 6.54 Å². The molecule has 146 valence electrons. The summed E-state index contributed by atoms with van der Waals surface area (Å²) in [7, 11) is 0. The number of nitrogens with one attached hydrogen (secondary N) is 2. The van der Waals surface area contributed by atoms with Gasteiger partial charge in [-0.05, 0) is 35.5 Å². The molecule has 28 heavy (non-hydrogen) atoms. The van der Waals surface area contributed by atoms with Crippen LogP contribution in [0.2, 0.25) is 0 Å². The summed E-state index contributed by atoms with van der Waals surface area (Å²) >= 11 is 4.18. The number of amides is 6. The Labute approximate surface area is 172 Å². The number of hydrogen-bond donors (Lipinski definition) is 2. The van der Waals surface area contributed by atoms with Crippen LogP contribution in [0.15, 0.2) is 33.6 Å². The van der Waals surface area contributed by atoms with Crippen LogP contribution in [0.1, 0.15) is 5.56 Å². The number of thioether (sulfide) groups is 1. The second kappa shape index (κ2) is 8.57. The van der Waals surface area contributed by atoms with Gasteiger partial charge in [-0.1, -0.05) is 28.1 Å². The van der Waals surface area contributed by atoms with Gasteiger partial charge in [0.2, 0.25) is 5.91 Å². The minimum Gasteiger partial charge on any atom is -0.353 e. The van der Waals surface area contributed by atoms with Crippen LogP contribution in [0, 0.1) is 0 Å². The summed E-state index contributed by atoms with van der Waals surface area (Å²) in [6.07, 6.45) is 1.63. The molecule has 0 atom stereocenters. The molecular weight excluding hydrogens is 452 g/mol. The highest BCUT2D eigenvalue weighted by molar-refractivity contribution is 9.10. The van der Waals surface area contributed by atoms with Crippen molar-refractivity contribution in [3.63, 3.8) is 0 Å². The van der Waals surface area contributed by atoms with Crippen LogP contribution in [0.4, 0.5) is 9.59 Å². The molecule has 1 aromatic rings. The molecule has 6 amide bonds. The van der Waals surface area contributed by atoms with E-state index in [1.807, 2.05) is 24.3 Å². The standard InChI is InChI=1S/C17H15BrN4O5S/c18-11-3-1-2-10(6-11)7-12-15(25)21(17(27)28-12)5-4-19-13(23)9-22-14(24)8-20-16(22)26/h1-3,6-7H,4-5,8-9H2,(H,19,23)(H,20,26)/b12-7+. The van der Waals surface area contributed by atoms with E-state index in [1.165, 1.54) is 0 Å². The number of benzene rings is 1. The molecule has 11 heteroatoms. The molecule has 2 fully saturated rings. The minimum atomic E-state index is -0.622. The maximum Gasteiger partial charge on any atom is 0.325 e. The Kier molecular flexibility index (Phi) is 6.15. The van der Waals surface area contributed by atoms with Gasteiger partial charge in [0, 0.05) is 17.6 Å². The van der Waals surface area contributed by atoms with Gasteiger partial charge in [-0.15, -0.1) is 0 Å². The quantitative estimate of drug-likeness (QED) is 0.479. The molecule has 3 rings (SSSR count). The van der Waals surface area contributed by atoms with Crippen molar-refractivity contribution in [2.45, 2.75) is 0 Å². The molecular formula is C17H15BrN4O5S. The van der Waals surface area contributed by atoms with Gasteiger partial charge in [0.05, 0.1) is 11.4 Å². The molecule has 9 nitrogen and oxygen atoms in total. The second-order valence-electron chi connectivity index (χ2n) is 5.88. The molecule has 0 spiro atoms. The summed E-state index contributed by atoms with van der Waals surface area (Å²) in [6.45, 7) is -0.528. The highest BCUT2D eigenvalue weighted by Gasteiger charge is 2.35. The monoisotopic (exact) mass is 466 g/mol. The van der Waals surface area contributed by atoms with Crippen LogP contribution in [-0.4, -0.2) is 65.0 Å². The fraction of sp³-hybridized carbons (Fsp3) is 0.235. The summed E-state index contributed by atoms with van der Waals surface area (Å²) in [6, 6.07) is 6.69. The molecule has 2 aliphatic rings. The molecule has 1 aromatic carbocycles. The summed E-state index contributed by atoms with van der Waals surface area (Å²) in [4.78, 5) is 61.4. The van der Waals surface area contributed by atoms with Gasteiger partial charge in [0.15, 0.2) is 0 Å². The van der Waals surface area contributed by atoms with Crippen LogP contribution in [-0.2, 0) is 14.4 Å². The van der Waals surface area contributed by atoms with Gasteiger partial charge >= 0.3 is 6.03 Å². The zero-order valence-corrected chi connectivity index (χ0v) is 16.8. The van der Waals surface area contributed by atoms with Crippen molar-refractivity contribution in [1.82, 2.24) is 20.4 Å². The van der Waals surface area contributed by atoms with Crippen LogP contribution in [0.3, 0.4) is 0 Å². The van der Waals surface area contributed by atoms with E-state index >= 15 is 0 Å². The number of carbonyl (C=O) groups excluding carboxylic acids is 5. The van der Waals surface area contributed by atoms with Gasteiger partial charge in [-0.25, -0.2) is 4.79 Å². The van der Waals surface area contributed by atoms with E-state index in [4.69, 9.17) is 0 Å². The summed E-state index contributed by atoms with van der Waals surface area (Å²) < 4.78 is 0.855. The SMILES string of the molecule is O=C(CN1C(=O)CNC1=O)NCCN1C(=O)S/C(=C/c2cccc(Br)c2)C1=O. The van der Waals surface area contributed by atoms with E-state index in [1.54, 1.807) is 6.08 Å². The average molecular weight is 467 g/mol. The molecule has 2 heterocycles. The molecule has 0 aliphatic carbocycles. The van der Waals surface area contributed by atoms with Crippen molar-refractivity contribution in [3.05, 3.63) is 39.2 Å². The minimum absolute atomic E-state index is 0.00757. The summed E-state index contributed by atoms with van der Waals surface area (Å²) in [5.74, 6) is -1.47. The molecule has 0 radical (unpaired) electrons. The van der Waals surface area contributed by atoms with Crippen molar-refractivity contribution < 1.29 is 24.0 Å². The first kappa shape index (κ1) is 20.1. The molecule has 0 bridgehead atoms. The van der Waals surface area contributed by atoms with Crippen molar-refractivity contribution in [1.29, 1.82) is 0 Å². The zero-order valence-electron chi connectivity index (χ0n) is 14.4. The highest BCUT2D eigenvalue weighted by atomic mass is 79.9. The maximum absolute atomic E-state index is 12.4. The second-order valence-corrected chi connectivity index (χ2v) is 7.79. The fourth-order valence-corrected chi connectivity index (χ4v) is 3.84. The Morgan fingerprint density at radius 3 is 2.71 bits per heavy atom. The Morgan fingerprint density at radius 2 is 2.04 bits per heavy atom. The van der Waals surface area contributed by atoms with Crippen LogP contribution in [0.5, 0.6) is 0 Å². The molecule has 0 saturated carbocycles. The van der Waals surface area contributed by atoms with Gasteiger partial charge in [-0.2, -0.15) is 0 Å². The first-order chi connectivity index (χ1) is 13.3. The number of carbonyl (C=O) groups is 5. The molecule has 2 saturated heterocycles. The maximum atomic E-state index is 12.4. The van der Waals surface area contributed by atoms with Crippen molar-refractivity contribution >= 4 is 62.8 Å². The normalized spacial score (nSPS) is 18.2. The largest absolute Gasteiger partial charge is 0.353 e. The lowest BCUT2D eigenvalue weighted by atomic mass is 10.2. The van der Waals surface area contributed by atoms with E-state index in [0.29, 0.717) is 4.91 Å². The summed E-state index contributed by atoms with van der Waals surface area (Å²) in [5.41, 5.74) is 0.779. The average Bonchev–Trinajstić information content (AvgIpc) is 3.09. The Bertz CT molecular complexity index is 887. The van der Waals surface area contributed by atoms with E-state index in [-0.39, 0.29) is 19.6 Å². The number of urea groups is 1. The van der Waals surface area contributed by atoms with Crippen LogP contribution < -0.4 is 10.6 Å². The topological polar surface area (TPSA) is 116 Å². The molecule has 0 unspecified atom stereocenters. The highest BCUT2D eigenvalue weighted by Crippen LogP contribution is 2.32. The molecule has 2 N–H and O–H groups in total. The van der Waals surface area contributed by atoms with Gasteiger partial charge in [-0.3, -0.25) is 29.0 Å². The van der Waals surface area contributed by atoms with Crippen molar-refractivity contribution in [2.24, 2.45) is 0 Å². The van der Waals surface area contributed by atoms with E-state index in [2.05, 4.69) is 26.6 Å². The fourth-order valence-electron chi connectivity index (χ4n) is 2.56. The predicted molar refractivity (Wildman–Crippen MR) is 105 cm³/mol. The Balaban J connectivity index is 1.53. The zero-order chi connectivity index (χ0) is 20.3. The third-order valence-corrected chi connectivity index (χ3v) is 5.32. The predicted octanol–water partition coefficient (Wildman–Crippen LogP) is 1.15. The van der Waals surface area contributed by atoms with Crippen LogP contribution >= 0.6 is 27.7 Å². The lowest BCUT2D eigenvalue weighted by Gasteiger charge is -2.15. The number of imide groups is 2. The first-order valence-corrected chi connectivity index (χ1v) is 9.82. The lowest BCUT2D eigenvalue weighted by Crippen LogP contribution is -2.43.